The van der Waals surface area contributed by atoms with Gasteiger partial charge in [-0.1, -0.05) is 86.4 Å². The highest BCUT2D eigenvalue weighted by Gasteiger charge is 2.51. The summed E-state index contributed by atoms with van der Waals surface area (Å²) < 4.78 is 46.7. The maximum Gasteiger partial charge on any atom is 0.399 e. The number of aromatic amines is 1. The van der Waals surface area contributed by atoms with Crippen molar-refractivity contribution >= 4 is 65.8 Å². The smallest absolute Gasteiger partial charge is 0.379 e. The van der Waals surface area contributed by atoms with E-state index < -0.39 is 90.5 Å². The van der Waals surface area contributed by atoms with Crippen LogP contribution in [-0.4, -0.2) is 140 Å². The van der Waals surface area contributed by atoms with Crippen LogP contribution in [0.3, 0.4) is 0 Å². The summed E-state index contributed by atoms with van der Waals surface area (Å²) >= 11 is 0. The van der Waals surface area contributed by atoms with Gasteiger partial charge in [0, 0.05) is 72.6 Å². The van der Waals surface area contributed by atoms with E-state index in [4.69, 9.17) is 10.5 Å². The van der Waals surface area contributed by atoms with Gasteiger partial charge in [-0.3, -0.25) is 48.2 Å². The van der Waals surface area contributed by atoms with E-state index in [2.05, 4.69) is 38.1 Å². The molecule has 1 unspecified atom stereocenters. The minimum absolute atomic E-state index is 0.0512. The Morgan fingerprint density at radius 3 is 2.38 bits per heavy atom. The Kier molecular flexibility index (Phi) is 20.1. The van der Waals surface area contributed by atoms with Crippen molar-refractivity contribution in [3.63, 3.8) is 0 Å². The Morgan fingerprint density at radius 2 is 1.65 bits per heavy atom. The lowest BCUT2D eigenvalue weighted by Crippen LogP contribution is -2.61. The second kappa shape index (κ2) is 27.2. The molecule has 8 rings (SSSR count). The molecule has 1 aromatic heterocycles. The molecule has 4 aliphatic rings. The van der Waals surface area contributed by atoms with Crippen LogP contribution in [-0.2, 0) is 50.3 Å². The van der Waals surface area contributed by atoms with E-state index >= 15 is 0 Å². The fourth-order valence-corrected chi connectivity index (χ4v) is 11.6. The Balaban J connectivity index is 0.800. The van der Waals surface area contributed by atoms with Gasteiger partial charge in [-0.05, 0) is 100.0 Å². The van der Waals surface area contributed by atoms with Crippen molar-refractivity contribution in [1.82, 2.24) is 41.0 Å². The fourth-order valence-electron chi connectivity index (χ4n) is 11.1. The molecular weight excluding hydrogens is 1080 g/mol. The van der Waals surface area contributed by atoms with Crippen molar-refractivity contribution in [2.24, 2.45) is 5.73 Å². The lowest BCUT2D eigenvalue weighted by Gasteiger charge is -2.38. The number of aromatic nitrogens is 1. The molecule has 0 saturated carbocycles. The lowest BCUT2D eigenvalue weighted by atomic mass is 10.0. The van der Waals surface area contributed by atoms with Crippen LogP contribution in [0.15, 0.2) is 72.8 Å². The minimum Gasteiger partial charge on any atom is -0.379 e. The van der Waals surface area contributed by atoms with Gasteiger partial charge >= 0.3 is 13.3 Å². The molecule has 6 atom stereocenters. The van der Waals surface area contributed by atoms with Crippen molar-refractivity contribution in [2.45, 2.75) is 145 Å². The van der Waals surface area contributed by atoms with E-state index in [1.807, 2.05) is 41.3 Å². The van der Waals surface area contributed by atoms with Gasteiger partial charge in [0.15, 0.2) is 0 Å². The molecular formula is C58H70F2N9O12P. The predicted molar refractivity (Wildman–Crippen MR) is 296 cm³/mol. The number of likely N-dealkylation sites (N-methyl/N-ethyl adjacent to an activating group) is 1. The summed E-state index contributed by atoms with van der Waals surface area (Å²) in [7, 11) is -4.08. The molecule has 0 aliphatic carbocycles. The van der Waals surface area contributed by atoms with Gasteiger partial charge in [-0.25, -0.2) is 0 Å². The maximum atomic E-state index is 14.5. The van der Waals surface area contributed by atoms with Gasteiger partial charge in [-0.15, -0.1) is 0 Å². The quantitative estimate of drug-likeness (QED) is 0.0204. The monoisotopic (exact) mass is 1150 g/mol. The molecule has 3 saturated heterocycles. The van der Waals surface area contributed by atoms with E-state index in [0.717, 1.165) is 79.8 Å². The highest BCUT2D eigenvalue weighted by Crippen LogP contribution is 2.59. The molecule has 3 aromatic carbocycles. The van der Waals surface area contributed by atoms with Gasteiger partial charge in [0.2, 0.25) is 35.4 Å². The number of H-pyrrole nitrogens is 1. The molecule has 4 aromatic rings. The number of nitrogens with one attached hydrogen (secondary N) is 5. The molecule has 0 spiro atoms. The molecule has 21 nitrogen and oxygen atoms in total. The third-order valence-corrected chi connectivity index (χ3v) is 16.6. The number of ether oxygens (including phenoxy) is 1. The maximum absolute atomic E-state index is 14.5. The Labute approximate surface area is 473 Å². The van der Waals surface area contributed by atoms with Gasteiger partial charge in [0.25, 0.3) is 11.8 Å². The van der Waals surface area contributed by atoms with E-state index in [1.54, 1.807) is 19.2 Å². The SMILES string of the molecule is CN1CC[C@H]2CC[C@@H](C(=O)N[C@@H](CCC(N)=O)C(=O)N[C@H](COCCCCCCCCCC#Cc3cccc4c3CN(C3CCC(=O)NC3=O)C4=O)c3ccccc3)N2C(=O)[C@@H](NC(=O)c2cc3cc(C(F)(F)P(=O)(O)O)ccc3[nH]2)C1. The molecule has 3 fully saturated rings. The third kappa shape index (κ3) is 14.8. The van der Waals surface area contributed by atoms with Crippen molar-refractivity contribution < 1.29 is 66.2 Å². The molecule has 438 valence electrons. The first-order valence-electron chi connectivity index (χ1n) is 27.9. The number of hydrogen-bond donors (Lipinski definition) is 8. The zero-order chi connectivity index (χ0) is 58.7. The first kappa shape index (κ1) is 60.7. The minimum atomic E-state index is -5.86. The topological polar surface area (TPSA) is 303 Å². The molecule has 0 radical (unpaired) electrons. The van der Waals surface area contributed by atoms with Crippen LogP contribution in [0.2, 0.25) is 0 Å². The van der Waals surface area contributed by atoms with Gasteiger partial charge in [0.05, 0.1) is 12.6 Å². The normalized spacial score (nSPS) is 20.2. The number of unbranched alkanes of at least 4 members (excludes halogenated alkanes) is 7. The lowest BCUT2D eigenvalue weighted by molar-refractivity contribution is -0.144. The van der Waals surface area contributed by atoms with E-state index in [9.17, 15) is 61.5 Å². The first-order chi connectivity index (χ1) is 39.2. The molecule has 82 heavy (non-hydrogen) atoms. The van der Waals surface area contributed by atoms with Crippen LogP contribution in [0.4, 0.5) is 8.78 Å². The summed E-state index contributed by atoms with van der Waals surface area (Å²) in [4.78, 5) is 132. The molecule has 5 heterocycles. The van der Waals surface area contributed by atoms with Crippen molar-refractivity contribution in [3.8, 4) is 11.8 Å². The number of rotatable bonds is 24. The highest BCUT2D eigenvalue weighted by atomic mass is 31.2. The summed E-state index contributed by atoms with van der Waals surface area (Å²) in [5.74, 6) is 2.24. The van der Waals surface area contributed by atoms with Crippen LogP contribution in [0.25, 0.3) is 10.9 Å². The Bertz CT molecular complexity index is 3160. The van der Waals surface area contributed by atoms with Gasteiger partial charge in [0.1, 0.15) is 29.9 Å². The number of primary amides is 1. The zero-order valence-corrected chi connectivity index (χ0v) is 46.5. The van der Waals surface area contributed by atoms with Crippen molar-refractivity contribution in [3.05, 3.63) is 106 Å². The number of carbonyl (C=O) groups excluding carboxylic acids is 8. The summed E-state index contributed by atoms with van der Waals surface area (Å²) in [6.07, 6.45) is 8.79. The van der Waals surface area contributed by atoms with Crippen LogP contribution in [0, 0.1) is 11.8 Å². The van der Waals surface area contributed by atoms with Crippen LogP contribution < -0.4 is 27.0 Å². The standard InChI is InChI=1S/C58H70F2N9O12P/c1-67-29-28-40-21-24-49(69(40)57(77)46(34-67)64-53(73)45-32-38-31-39(20-22-43(38)62-45)58(59,60)82(78,79)80)55(75)63-44(23-26-50(61)70)52(72)65-47(37-16-11-9-12-17-37)35-81-30-13-8-6-4-2-3-5-7-10-15-36-18-14-19-41-42(36)33-68(56(41)76)48-25-27-51(71)66-54(48)74/h9,11-12,14,16-20,22,31-32,40,44,46-49,62H,2-8,13,21,23-30,33-35H2,1H3,(H2,61,70)(H,63,75)(H,64,73)(H,65,72)(H,66,71,74)(H2,78,79,80)/t40-,44+,46+,47-,48?,49+/m1/s1. The number of carbonyl (C=O) groups is 8. The van der Waals surface area contributed by atoms with Crippen LogP contribution in [0.5, 0.6) is 0 Å². The second-order valence-electron chi connectivity index (χ2n) is 21.5. The molecule has 4 aliphatic heterocycles. The molecule has 24 heteroatoms. The van der Waals surface area contributed by atoms with E-state index in [1.165, 1.54) is 15.9 Å². The average molecular weight is 1150 g/mol. The predicted octanol–water partition coefficient (Wildman–Crippen LogP) is 4.75. The number of halogens is 2. The van der Waals surface area contributed by atoms with Gasteiger partial charge in [-0.2, -0.15) is 8.78 Å². The summed E-state index contributed by atoms with van der Waals surface area (Å²) in [5.41, 5.74) is 3.08. The van der Waals surface area contributed by atoms with E-state index in [-0.39, 0.29) is 73.8 Å². The fraction of sp³-hybridized carbons (Fsp3) is 0.483. The van der Waals surface area contributed by atoms with E-state index in [0.29, 0.717) is 44.4 Å². The number of amides is 8. The number of fused-ring (bicyclic) bond motifs is 3. The van der Waals surface area contributed by atoms with Crippen molar-refractivity contribution in [1.29, 1.82) is 0 Å². The summed E-state index contributed by atoms with van der Waals surface area (Å²) in [6.45, 7) is 1.39. The summed E-state index contributed by atoms with van der Waals surface area (Å²) in [6, 6.07) is 13.5. The van der Waals surface area contributed by atoms with Crippen molar-refractivity contribution in [2.75, 3.05) is 33.4 Å². The Hall–Kier alpha value is -7.35. The molecule has 0 bridgehead atoms. The molecule has 9 N–H and O–H groups in total. The van der Waals surface area contributed by atoms with Crippen LogP contribution >= 0.6 is 7.60 Å². The number of imide groups is 1. The third-order valence-electron chi connectivity index (χ3n) is 15.6. The van der Waals surface area contributed by atoms with Crippen LogP contribution in [0.1, 0.15) is 145 Å². The van der Waals surface area contributed by atoms with Gasteiger partial charge < -0.3 is 55.9 Å². The number of alkyl halides is 2. The number of nitrogens with two attached hydrogens (primary N) is 1. The largest absolute Gasteiger partial charge is 0.399 e. The number of benzene rings is 3. The second-order valence-corrected chi connectivity index (χ2v) is 23.2. The average Bonchev–Trinajstić information content (AvgIpc) is 4.33. The Morgan fingerprint density at radius 1 is 0.902 bits per heavy atom. The summed E-state index contributed by atoms with van der Waals surface area (Å²) in [5, 5.41) is 10.9. The number of piperidine rings is 1. The number of hydrogen-bond acceptors (Lipinski definition) is 11. The first-order valence-corrected chi connectivity index (χ1v) is 29.5. The molecule has 8 amide bonds. The number of nitrogens with zero attached hydrogens (tertiary/aromatic N) is 3. The zero-order valence-electron chi connectivity index (χ0n) is 45.6. The highest BCUT2D eigenvalue weighted by molar-refractivity contribution is 7.52.